The molecule has 2 aromatic rings. The predicted molar refractivity (Wildman–Crippen MR) is 83.9 cm³/mol. The quantitative estimate of drug-likeness (QED) is 0.842. The van der Waals surface area contributed by atoms with Crippen LogP contribution in [0, 0.1) is 6.92 Å². The summed E-state index contributed by atoms with van der Waals surface area (Å²) >= 11 is 3.41. The molecule has 0 unspecified atom stereocenters. The third-order valence-corrected chi connectivity index (χ3v) is 3.62. The summed E-state index contributed by atoms with van der Waals surface area (Å²) in [4.78, 5) is 11.8. The van der Waals surface area contributed by atoms with Gasteiger partial charge in [0.1, 0.15) is 5.75 Å². The number of rotatable bonds is 4. The molecule has 0 aromatic heterocycles. The fraction of sp³-hybridized carbons (Fsp3) is 0.133. The van der Waals surface area contributed by atoms with Gasteiger partial charge in [-0.3, -0.25) is 4.79 Å². The summed E-state index contributed by atoms with van der Waals surface area (Å²) < 4.78 is 6.45. The van der Waals surface area contributed by atoms with Gasteiger partial charge >= 0.3 is 0 Å². The number of carbonyl (C=O) groups is 1. The molecule has 104 valence electrons. The Morgan fingerprint density at radius 2 is 2.05 bits per heavy atom. The van der Waals surface area contributed by atoms with Crippen LogP contribution >= 0.6 is 15.9 Å². The van der Waals surface area contributed by atoms with Gasteiger partial charge in [0.15, 0.2) is 6.61 Å². The van der Waals surface area contributed by atoms with Crippen molar-refractivity contribution in [1.82, 2.24) is 0 Å². The number of halogens is 1. The minimum absolute atomic E-state index is 0.0601. The molecule has 0 aliphatic carbocycles. The second kappa shape index (κ2) is 6.43. The monoisotopic (exact) mass is 334 g/mol. The zero-order valence-corrected chi connectivity index (χ0v) is 12.6. The number of ether oxygens (including phenoxy) is 1. The molecular weight excluding hydrogens is 320 g/mol. The second-order valence-electron chi connectivity index (χ2n) is 4.34. The number of carbonyl (C=O) groups excluding carboxylic acids is 1. The molecule has 0 heterocycles. The normalized spacial score (nSPS) is 10.1. The van der Waals surface area contributed by atoms with Crippen molar-refractivity contribution in [3.8, 4) is 5.75 Å². The van der Waals surface area contributed by atoms with Crippen molar-refractivity contribution in [2.24, 2.45) is 0 Å². The molecule has 0 bridgehead atoms. The number of anilines is 2. The highest BCUT2D eigenvalue weighted by Gasteiger charge is 2.06. The smallest absolute Gasteiger partial charge is 0.262 e. The lowest BCUT2D eigenvalue weighted by Gasteiger charge is -2.10. The largest absolute Gasteiger partial charge is 0.484 e. The van der Waals surface area contributed by atoms with Crippen LogP contribution in [0.15, 0.2) is 46.9 Å². The van der Waals surface area contributed by atoms with E-state index in [2.05, 4.69) is 21.2 Å². The SMILES string of the molecule is Cc1cc(OCC(=O)Nc2ccccc2N)ccc1Br. The first-order chi connectivity index (χ1) is 9.56. The molecule has 5 heteroatoms. The molecule has 0 aliphatic rings. The minimum atomic E-state index is -0.247. The number of aryl methyl sites for hydroxylation is 1. The van der Waals surface area contributed by atoms with Crippen LogP contribution in [0.4, 0.5) is 11.4 Å². The molecule has 0 saturated carbocycles. The van der Waals surface area contributed by atoms with Gasteiger partial charge < -0.3 is 15.8 Å². The van der Waals surface area contributed by atoms with Gasteiger partial charge in [0.2, 0.25) is 0 Å². The van der Waals surface area contributed by atoms with Crippen LogP contribution in [0.2, 0.25) is 0 Å². The molecule has 1 amide bonds. The molecular formula is C15H15BrN2O2. The Labute approximate surface area is 126 Å². The third kappa shape index (κ3) is 3.74. The van der Waals surface area contributed by atoms with E-state index in [1.165, 1.54) is 0 Å². The number of nitrogen functional groups attached to an aromatic ring is 1. The summed E-state index contributed by atoms with van der Waals surface area (Å²) in [5.41, 5.74) is 7.92. The van der Waals surface area contributed by atoms with Crippen LogP contribution in [-0.4, -0.2) is 12.5 Å². The van der Waals surface area contributed by atoms with Crippen LogP contribution in [0.1, 0.15) is 5.56 Å². The molecule has 2 aromatic carbocycles. The number of amides is 1. The standard InChI is InChI=1S/C15H15BrN2O2/c1-10-8-11(6-7-12(10)16)20-9-15(19)18-14-5-3-2-4-13(14)17/h2-8H,9,17H2,1H3,(H,18,19). The van der Waals surface area contributed by atoms with E-state index in [0.29, 0.717) is 17.1 Å². The maximum Gasteiger partial charge on any atom is 0.262 e. The van der Waals surface area contributed by atoms with E-state index in [9.17, 15) is 4.79 Å². The molecule has 0 saturated heterocycles. The summed E-state index contributed by atoms with van der Waals surface area (Å²) in [7, 11) is 0. The van der Waals surface area contributed by atoms with Crippen molar-refractivity contribution >= 4 is 33.2 Å². The lowest BCUT2D eigenvalue weighted by molar-refractivity contribution is -0.118. The zero-order valence-electron chi connectivity index (χ0n) is 11.0. The van der Waals surface area contributed by atoms with Crippen LogP contribution in [0.5, 0.6) is 5.75 Å². The minimum Gasteiger partial charge on any atom is -0.484 e. The molecule has 0 aliphatic heterocycles. The number of para-hydroxylation sites is 2. The Morgan fingerprint density at radius 1 is 1.30 bits per heavy atom. The maximum absolute atomic E-state index is 11.8. The zero-order chi connectivity index (χ0) is 14.5. The summed E-state index contributed by atoms with van der Waals surface area (Å²) in [6, 6.07) is 12.7. The first-order valence-electron chi connectivity index (χ1n) is 6.09. The number of hydrogen-bond acceptors (Lipinski definition) is 3. The van der Waals surface area contributed by atoms with Gasteiger partial charge in [-0.05, 0) is 42.8 Å². The van der Waals surface area contributed by atoms with Crippen molar-refractivity contribution in [2.45, 2.75) is 6.92 Å². The third-order valence-electron chi connectivity index (χ3n) is 2.73. The molecule has 20 heavy (non-hydrogen) atoms. The molecule has 0 spiro atoms. The fourth-order valence-corrected chi connectivity index (χ4v) is 1.90. The van der Waals surface area contributed by atoms with Crippen molar-refractivity contribution in [1.29, 1.82) is 0 Å². The van der Waals surface area contributed by atoms with E-state index in [1.54, 1.807) is 18.2 Å². The first kappa shape index (κ1) is 14.4. The van der Waals surface area contributed by atoms with Crippen LogP contribution < -0.4 is 15.8 Å². The van der Waals surface area contributed by atoms with Gasteiger partial charge in [0.25, 0.3) is 5.91 Å². The fourth-order valence-electron chi connectivity index (χ4n) is 1.65. The van der Waals surface area contributed by atoms with Crippen molar-refractivity contribution < 1.29 is 9.53 Å². The Hall–Kier alpha value is -2.01. The summed E-state index contributed by atoms with van der Waals surface area (Å²) in [6.07, 6.45) is 0. The van der Waals surface area contributed by atoms with Gasteiger partial charge in [-0.2, -0.15) is 0 Å². The highest BCUT2D eigenvalue weighted by atomic mass is 79.9. The van der Waals surface area contributed by atoms with Gasteiger partial charge in [-0.15, -0.1) is 0 Å². The first-order valence-corrected chi connectivity index (χ1v) is 6.89. The Kier molecular flexibility index (Phi) is 4.63. The van der Waals surface area contributed by atoms with E-state index >= 15 is 0 Å². The van der Waals surface area contributed by atoms with Crippen LogP contribution in [0.3, 0.4) is 0 Å². The number of benzene rings is 2. The van der Waals surface area contributed by atoms with E-state index in [-0.39, 0.29) is 12.5 Å². The average molecular weight is 335 g/mol. The Morgan fingerprint density at radius 3 is 2.75 bits per heavy atom. The summed E-state index contributed by atoms with van der Waals surface area (Å²) in [5, 5.41) is 2.71. The van der Waals surface area contributed by atoms with Gasteiger partial charge in [-0.1, -0.05) is 28.1 Å². The number of hydrogen-bond donors (Lipinski definition) is 2. The molecule has 0 radical (unpaired) electrons. The van der Waals surface area contributed by atoms with E-state index in [1.807, 2.05) is 31.2 Å². The Balaban J connectivity index is 1.92. The van der Waals surface area contributed by atoms with Gasteiger partial charge in [0, 0.05) is 4.47 Å². The van der Waals surface area contributed by atoms with E-state index in [0.717, 1.165) is 10.0 Å². The van der Waals surface area contributed by atoms with Crippen LogP contribution in [0.25, 0.3) is 0 Å². The average Bonchev–Trinajstić information content (AvgIpc) is 2.43. The molecule has 3 N–H and O–H groups in total. The highest BCUT2D eigenvalue weighted by Crippen LogP contribution is 2.21. The number of nitrogens with two attached hydrogens (primary N) is 1. The highest BCUT2D eigenvalue weighted by molar-refractivity contribution is 9.10. The second-order valence-corrected chi connectivity index (χ2v) is 5.19. The molecule has 2 rings (SSSR count). The number of nitrogens with one attached hydrogen (secondary N) is 1. The topological polar surface area (TPSA) is 64.3 Å². The lowest BCUT2D eigenvalue weighted by atomic mass is 10.2. The van der Waals surface area contributed by atoms with Crippen molar-refractivity contribution in [3.63, 3.8) is 0 Å². The van der Waals surface area contributed by atoms with Crippen molar-refractivity contribution in [3.05, 3.63) is 52.5 Å². The van der Waals surface area contributed by atoms with E-state index < -0.39 is 0 Å². The van der Waals surface area contributed by atoms with Gasteiger partial charge in [0.05, 0.1) is 11.4 Å². The van der Waals surface area contributed by atoms with E-state index in [4.69, 9.17) is 10.5 Å². The molecule has 0 atom stereocenters. The molecule has 0 fully saturated rings. The van der Waals surface area contributed by atoms with Gasteiger partial charge in [-0.25, -0.2) is 0 Å². The Bertz CT molecular complexity index is 629. The lowest BCUT2D eigenvalue weighted by Crippen LogP contribution is -2.20. The predicted octanol–water partition coefficient (Wildman–Crippen LogP) is 3.36. The van der Waals surface area contributed by atoms with Crippen LogP contribution in [-0.2, 0) is 4.79 Å². The van der Waals surface area contributed by atoms with Crippen molar-refractivity contribution in [2.75, 3.05) is 17.7 Å². The summed E-state index contributed by atoms with van der Waals surface area (Å²) in [6.45, 7) is 1.90. The molecule has 4 nitrogen and oxygen atoms in total. The summed E-state index contributed by atoms with van der Waals surface area (Å²) in [5.74, 6) is 0.408. The maximum atomic E-state index is 11.8.